The molecular formula is C16H19FN2. The van der Waals surface area contributed by atoms with Crippen molar-refractivity contribution in [3.63, 3.8) is 0 Å². The minimum atomic E-state index is -0.455. The summed E-state index contributed by atoms with van der Waals surface area (Å²) in [4.78, 5) is 3.61. The van der Waals surface area contributed by atoms with E-state index in [1.807, 2.05) is 0 Å². The predicted molar refractivity (Wildman–Crippen MR) is 76.5 cm³/mol. The van der Waals surface area contributed by atoms with E-state index in [4.69, 9.17) is 0 Å². The van der Waals surface area contributed by atoms with E-state index >= 15 is 0 Å². The average Bonchev–Trinajstić information content (AvgIpc) is 2.39. The summed E-state index contributed by atoms with van der Waals surface area (Å²) in [5.74, 6) is 0.220. The van der Waals surface area contributed by atoms with E-state index < -0.39 is 5.95 Å². The molecule has 2 rings (SSSR count). The Labute approximate surface area is 113 Å². The summed E-state index contributed by atoms with van der Waals surface area (Å²) in [7, 11) is 0. The minimum Gasteiger partial charge on any atom is -0.380 e. The van der Waals surface area contributed by atoms with Crippen LogP contribution in [0.25, 0.3) is 0 Å². The predicted octanol–water partition coefficient (Wildman–Crippen LogP) is 4.03. The van der Waals surface area contributed by atoms with Crippen molar-refractivity contribution in [2.24, 2.45) is 5.92 Å². The van der Waals surface area contributed by atoms with Crippen molar-refractivity contribution in [2.75, 3.05) is 5.32 Å². The lowest BCUT2D eigenvalue weighted by atomic mass is 10.0. The highest BCUT2D eigenvalue weighted by Crippen LogP contribution is 2.12. The molecule has 0 fully saturated rings. The van der Waals surface area contributed by atoms with Gasteiger partial charge in [0.25, 0.3) is 0 Å². The first kappa shape index (κ1) is 13.5. The van der Waals surface area contributed by atoms with E-state index in [1.165, 1.54) is 23.4 Å². The first-order valence-electron chi connectivity index (χ1n) is 6.57. The van der Waals surface area contributed by atoms with Crippen molar-refractivity contribution in [1.29, 1.82) is 0 Å². The highest BCUT2D eigenvalue weighted by molar-refractivity contribution is 5.40. The lowest BCUT2D eigenvalue weighted by Gasteiger charge is -2.08. The molecule has 0 amide bonds. The van der Waals surface area contributed by atoms with Crippen LogP contribution >= 0.6 is 0 Å². The summed E-state index contributed by atoms with van der Waals surface area (Å²) in [6.45, 7) is 5.16. The number of pyridine rings is 1. The number of benzene rings is 1. The van der Waals surface area contributed by atoms with Crippen LogP contribution in [0.3, 0.4) is 0 Å². The van der Waals surface area contributed by atoms with Gasteiger partial charge in [0.2, 0.25) is 5.95 Å². The zero-order valence-corrected chi connectivity index (χ0v) is 11.4. The molecule has 1 heterocycles. The molecule has 0 aliphatic rings. The minimum absolute atomic E-state index is 0.455. The SMILES string of the molecule is CC(C)Cc1ccc(CNc2ccc(F)nc2)cc1. The molecule has 0 atom stereocenters. The maximum Gasteiger partial charge on any atom is 0.212 e. The summed E-state index contributed by atoms with van der Waals surface area (Å²) in [6.07, 6.45) is 2.61. The Bertz CT molecular complexity index is 503. The third-order valence-corrected chi connectivity index (χ3v) is 2.89. The van der Waals surface area contributed by atoms with Crippen molar-refractivity contribution in [3.05, 3.63) is 59.7 Å². The van der Waals surface area contributed by atoms with Gasteiger partial charge in [0.05, 0.1) is 11.9 Å². The van der Waals surface area contributed by atoms with Crippen molar-refractivity contribution < 1.29 is 4.39 Å². The van der Waals surface area contributed by atoms with E-state index in [9.17, 15) is 4.39 Å². The molecule has 1 N–H and O–H groups in total. The molecule has 2 nitrogen and oxygen atoms in total. The number of rotatable bonds is 5. The molecule has 0 spiro atoms. The number of aromatic nitrogens is 1. The second-order valence-corrected chi connectivity index (χ2v) is 5.14. The van der Waals surface area contributed by atoms with Gasteiger partial charge in [-0.15, -0.1) is 0 Å². The summed E-state index contributed by atoms with van der Waals surface area (Å²) in [5, 5.41) is 3.22. The smallest absolute Gasteiger partial charge is 0.212 e. The molecule has 0 radical (unpaired) electrons. The van der Waals surface area contributed by atoms with Crippen LogP contribution in [-0.2, 0) is 13.0 Å². The highest BCUT2D eigenvalue weighted by atomic mass is 19.1. The zero-order chi connectivity index (χ0) is 13.7. The summed E-state index contributed by atoms with van der Waals surface area (Å²) < 4.78 is 12.7. The average molecular weight is 258 g/mol. The molecule has 2 aromatic rings. The van der Waals surface area contributed by atoms with Crippen LogP contribution in [0.4, 0.5) is 10.1 Å². The third-order valence-electron chi connectivity index (χ3n) is 2.89. The number of nitrogens with one attached hydrogen (secondary N) is 1. The van der Waals surface area contributed by atoms with Gasteiger partial charge in [0, 0.05) is 6.54 Å². The van der Waals surface area contributed by atoms with Gasteiger partial charge in [-0.3, -0.25) is 0 Å². The standard InChI is InChI=1S/C16H19FN2/c1-12(2)9-13-3-5-14(6-4-13)10-18-15-7-8-16(17)19-11-15/h3-8,11-12,18H,9-10H2,1-2H3. The number of halogens is 1. The highest BCUT2D eigenvalue weighted by Gasteiger charge is 1.99. The molecule has 0 bridgehead atoms. The molecule has 0 saturated heterocycles. The molecule has 0 aliphatic heterocycles. The molecule has 1 aromatic carbocycles. The van der Waals surface area contributed by atoms with Crippen LogP contribution in [0, 0.1) is 11.9 Å². The van der Waals surface area contributed by atoms with Gasteiger partial charge in [0.1, 0.15) is 0 Å². The van der Waals surface area contributed by atoms with Crippen LogP contribution in [0.15, 0.2) is 42.6 Å². The third kappa shape index (κ3) is 4.36. The maximum absolute atomic E-state index is 12.7. The van der Waals surface area contributed by atoms with Gasteiger partial charge in [-0.25, -0.2) is 4.98 Å². The van der Waals surface area contributed by atoms with Crippen LogP contribution < -0.4 is 5.32 Å². The van der Waals surface area contributed by atoms with Gasteiger partial charge in [-0.05, 0) is 35.6 Å². The molecular weight excluding hydrogens is 239 g/mol. The van der Waals surface area contributed by atoms with Crippen molar-refractivity contribution in [3.8, 4) is 0 Å². The van der Waals surface area contributed by atoms with E-state index in [2.05, 4.69) is 48.4 Å². The van der Waals surface area contributed by atoms with Gasteiger partial charge < -0.3 is 5.32 Å². The molecule has 0 unspecified atom stereocenters. The van der Waals surface area contributed by atoms with E-state index in [-0.39, 0.29) is 0 Å². The summed E-state index contributed by atoms with van der Waals surface area (Å²) in [5.41, 5.74) is 3.40. The van der Waals surface area contributed by atoms with Gasteiger partial charge in [0.15, 0.2) is 0 Å². The monoisotopic (exact) mass is 258 g/mol. The van der Waals surface area contributed by atoms with Crippen LogP contribution in [-0.4, -0.2) is 4.98 Å². The second kappa shape index (κ2) is 6.32. The Morgan fingerprint density at radius 3 is 2.32 bits per heavy atom. The van der Waals surface area contributed by atoms with E-state index in [1.54, 1.807) is 6.07 Å². The van der Waals surface area contributed by atoms with E-state index in [0.717, 1.165) is 18.7 Å². The molecule has 0 saturated carbocycles. The Kier molecular flexibility index (Phi) is 4.50. The fourth-order valence-electron chi connectivity index (χ4n) is 1.95. The van der Waals surface area contributed by atoms with Crippen LogP contribution in [0.1, 0.15) is 25.0 Å². The zero-order valence-electron chi connectivity index (χ0n) is 11.4. The van der Waals surface area contributed by atoms with Gasteiger partial charge in [-0.1, -0.05) is 38.1 Å². The summed E-state index contributed by atoms with van der Waals surface area (Å²) >= 11 is 0. The first-order chi connectivity index (χ1) is 9.13. The van der Waals surface area contributed by atoms with Crippen LogP contribution in [0.2, 0.25) is 0 Å². The number of anilines is 1. The number of nitrogens with zero attached hydrogens (tertiary/aromatic N) is 1. The van der Waals surface area contributed by atoms with Crippen LogP contribution in [0.5, 0.6) is 0 Å². The van der Waals surface area contributed by atoms with Crippen molar-refractivity contribution in [2.45, 2.75) is 26.8 Å². The normalized spacial score (nSPS) is 10.7. The Hall–Kier alpha value is -1.90. The topological polar surface area (TPSA) is 24.9 Å². The fraction of sp³-hybridized carbons (Fsp3) is 0.312. The molecule has 100 valence electrons. The molecule has 0 aliphatic carbocycles. The number of hydrogen-bond acceptors (Lipinski definition) is 2. The second-order valence-electron chi connectivity index (χ2n) is 5.14. The van der Waals surface area contributed by atoms with E-state index in [0.29, 0.717) is 5.92 Å². The maximum atomic E-state index is 12.7. The van der Waals surface area contributed by atoms with Gasteiger partial charge in [-0.2, -0.15) is 4.39 Å². The quantitative estimate of drug-likeness (QED) is 0.819. The van der Waals surface area contributed by atoms with Crippen molar-refractivity contribution in [1.82, 2.24) is 4.98 Å². The lowest BCUT2D eigenvalue weighted by Crippen LogP contribution is -2.01. The molecule has 1 aromatic heterocycles. The number of hydrogen-bond donors (Lipinski definition) is 1. The molecule has 19 heavy (non-hydrogen) atoms. The first-order valence-corrected chi connectivity index (χ1v) is 6.57. The Morgan fingerprint density at radius 2 is 1.74 bits per heavy atom. The Morgan fingerprint density at radius 1 is 1.05 bits per heavy atom. The van der Waals surface area contributed by atoms with Gasteiger partial charge >= 0.3 is 0 Å². The Balaban J connectivity index is 1.91. The largest absolute Gasteiger partial charge is 0.380 e. The lowest BCUT2D eigenvalue weighted by molar-refractivity contribution is 0.584. The fourth-order valence-corrected chi connectivity index (χ4v) is 1.95. The molecule has 3 heteroatoms. The summed E-state index contributed by atoms with van der Waals surface area (Å²) in [6, 6.07) is 11.6. The van der Waals surface area contributed by atoms with Crippen molar-refractivity contribution >= 4 is 5.69 Å².